The number of aromatic amines is 1. The molecule has 0 spiro atoms. The molecule has 0 saturated carbocycles. The van der Waals surface area contributed by atoms with Gasteiger partial charge in [0, 0.05) is 10.6 Å². The molecule has 0 aliphatic carbocycles. The van der Waals surface area contributed by atoms with Crippen LogP contribution >= 0.6 is 23.2 Å². The molecular weight excluding hydrogens is 332 g/mol. The number of aliphatic hydroxyl groups is 1. The van der Waals surface area contributed by atoms with E-state index in [-0.39, 0.29) is 10.8 Å². The average molecular weight is 341 g/mol. The molecule has 1 atom stereocenters. The third-order valence-corrected chi connectivity index (χ3v) is 3.32. The molecule has 2 rings (SSSR count). The molecule has 0 unspecified atom stereocenters. The second-order valence-electron chi connectivity index (χ2n) is 4.27. The number of nitrogens with zero attached hydrogens (tertiary/aromatic N) is 1. The van der Waals surface area contributed by atoms with Gasteiger partial charge >= 0.3 is 11.9 Å². The molecule has 1 aromatic heterocycles. The number of halogens is 5. The summed E-state index contributed by atoms with van der Waals surface area (Å²) in [7, 11) is 0. The van der Waals surface area contributed by atoms with Gasteiger partial charge in [-0.05, 0) is 12.1 Å². The maximum absolute atomic E-state index is 12.4. The van der Waals surface area contributed by atoms with E-state index in [1.807, 2.05) is 0 Å². The van der Waals surface area contributed by atoms with Crippen molar-refractivity contribution in [1.29, 1.82) is 0 Å². The Morgan fingerprint density at radius 1 is 1.24 bits per heavy atom. The molecule has 0 radical (unpaired) electrons. The van der Waals surface area contributed by atoms with Crippen LogP contribution in [0.15, 0.2) is 29.1 Å². The molecule has 2 aromatic rings. The van der Waals surface area contributed by atoms with E-state index >= 15 is 0 Å². The van der Waals surface area contributed by atoms with Crippen LogP contribution in [0.25, 0.3) is 11.3 Å². The molecule has 0 bridgehead atoms. The Morgan fingerprint density at radius 2 is 1.81 bits per heavy atom. The molecule has 0 amide bonds. The number of aromatic nitrogens is 2. The van der Waals surface area contributed by atoms with Gasteiger partial charge in [0.1, 0.15) is 5.15 Å². The minimum absolute atomic E-state index is 0.0571. The fourth-order valence-corrected chi connectivity index (χ4v) is 2.20. The second-order valence-corrected chi connectivity index (χ2v) is 5.08. The third kappa shape index (κ3) is 3.42. The minimum Gasteiger partial charge on any atom is -0.382 e. The highest BCUT2D eigenvalue weighted by Gasteiger charge is 2.39. The first-order chi connectivity index (χ1) is 9.70. The fraction of sp³-hybridized carbons (Fsp3) is 0.250. The number of hydrogen-bond donors (Lipinski definition) is 2. The topological polar surface area (TPSA) is 58.0 Å². The summed E-state index contributed by atoms with van der Waals surface area (Å²) in [6.45, 7) is -0.955. The van der Waals surface area contributed by atoms with Gasteiger partial charge in [0.2, 0.25) is 0 Å². The van der Waals surface area contributed by atoms with Crippen LogP contribution in [0.3, 0.4) is 0 Å². The van der Waals surface area contributed by atoms with Gasteiger partial charge in [-0.3, -0.25) is 9.55 Å². The lowest BCUT2D eigenvalue weighted by molar-refractivity contribution is -0.207. The van der Waals surface area contributed by atoms with Gasteiger partial charge in [-0.15, -0.1) is 0 Å². The smallest absolute Gasteiger partial charge is 0.382 e. The maximum Gasteiger partial charge on any atom is 0.416 e. The van der Waals surface area contributed by atoms with E-state index in [9.17, 15) is 18.0 Å². The van der Waals surface area contributed by atoms with E-state index < -0.39 is 24.5 Å². The number of rotatable bonds is 3. The lowest BCUT2D eigenvalue weighted by Gasteiger charge is -2.16. The van der Waals surface area contributed by atoms with Crippen LogP contribution in [-0.2, 0) is 6.54 Å². The predicted molar refractivity (Wildman–Crippen MR) is 72.6 cm³/mol. The highest BCUT2D eigenvalue weighted by atomic mass is 35.5. The summed E-state index contributed by atoms with van der Waals surface area (Å²) in [5.41, 5.74) is -0.382. The number of imidazole rings is 1. The molecular formula is C12H9Cl2F3N2O2. The lowest BCUT2D eigenvalue weighted by Crippen LogP contribution is -2.36. The Kier molecular flexibility index (Phi) is 4.36. The highest BCUT2D eigenvalue weighted by Crippen LogP contribution is 2.28. The zero-order valence-corrected chi connectivity index (χ0v) is 11.8. The standard InChI is InChI=1S/C12H9Cl2F3N2O2/c13-7-3-1-6(2-4-7)9-10(14)18-11(21)19(9)5-8(20)12(15,16)17/h1-4,8,20H,5H2,(H,18,21)/t8-/m0/s1. The molecule has 0 aliphatic heterocycles. The quantitative estimate of drug-likeness (QED) is 0.902. The second kappa shape index (κ2) is 5.75. The van der Waals surface area contributed by atoms with Crippen molar-refractivity contribution < 1.29 is 18.3 Å². The number of hydrogen-bond acceptors (Lipinski definition) is 2. The average Bonchev–Trinajstić information content (AvgIpc) is 2.64. The van der Waals surface area contributed by atoms with Crippen molar-refractivity contribution in [2.45, 2.75) is 18.8 Å². The van der Waals surface area contributed by atoms with E-state index in [2.05, 4.69) is 4.98 Å². The van der Waals surface area contributed by atoms with Crippen molar-refractivity contribution in [2.75, 3.05) is 0 Å². The zero-order valence-electron chi connectivity index (χ0n) is 10.3. The summed E-state index contributed by atoms with van der Waals surface area (Å²) in [5, 5.41) is 9.44. The largest absolute Gasteiger partial charge is 0.416 e. The molecule has 2 N–H and O–H groups in total. The van der Waals surface area contributed by atoms with Crippen molar-refractivity contribution in [3.8, 4) is 11.3 Å². The molecule has 1 heterocycles. The highest BCUT2D eigenvalue weighted by molar-refractivity contribution is 6.32. The first kappa shape index (κ1) is 15.9. The predicted octanol–water partition coefficient (Wildman–Crippen LogP) is 3.07. The van der Waals surface area contributed by atoms with Crippen LogP contribution in [0.1, 0.15) is 0 Å². The molecule has 114 valence electrons. The molecule has 0 saturated heterocycles. The van der Waals surface area contributed by atoms with Gasteiger partial charge in [0.25, 0.3) is 0 Å². The monoisotopic (exact) mass is 340 g/mol. The van der Waals surface area contributed by atoms with Crippen molar-refractivity contribution in [3.05, 3.63) is 44.9 Å². The molecule has 21 heavy (non-hydrogen) atoms. The molecule has 9 heteroatoms. The maximum atomic E-state index is 12.4. The van der Waals surface area contributed by atoms with Crippen molar-refractivity contribution in [2.24, 2.45) is 0 Å². The van der Waals surface area contributed by atoms with Crippen molar-refractivity contribution >= 4 is 23.2 Å². The summed E-state index contributed by atoms with van der Waals surface area (Å²) < 4.78 is 38.0. The van der Waals surface area contributed by atoms with Gasteiger partial charge in [0.05, 0.1) is 12.2 Å². The van der Waals surface area contributed by atoms with Crippen LogP contribution in [-0.4, -0.2) is 26.9 Å². The van der Waals surface area contributed by atoms with E-state index in [1.54, 1.807) is 0 Å². The third-order valence-electron chi connectivity index (χ3n) is 2.79. The first-order valence-corrected chi connectivity index (χ1v) is 6.44. The fourth-order valence-electron chi connectivity index (χ4n) is 1.78. The van der Waals surface area contributed by atoms with Crippen LogP contribution in [0.4, 0.5) is 13.2 Å². The van der Waals surface area contributed by atoms with Crippen LogP contribution < -0.4 is 5.69 Å². The van der Waals surface area contributed by atoms with Gasteiger partial charge in [-0.25, -0.2) is 4.79 Å². The summed E-state index contributed by atoms with van der Waals surface area (Å²) in [4.78, 5) is 13.9. The Morgan fingerprint density at radius 3 is 2.33 bits per heavy atom. The van der Waals surface area contributed by atoms with E-state index in [4.69, 9.17) is 28.3 Å². The molecule has 4 nitrogen and oxygen atoms in total. The number of nitrogens with one attached hydrogen (secondary N) is 1. The van der Waals surface area contributed by atoms with Crippen molar-refractivity contribution in [1.82, 2.24) is 9.55 Å². The van der Waals surface area contributed by atoms with E-state index in [1.165, 1.54) is 24.3 Å². The van der Waals surface area contributed by atoms with Gasteiger partial charge in [0.15, 0.2) is 6.10 Å². The number of alkyl halides is 3. The van der Waals surface area contributed by atoms with Gasteiger partial charge in [-0.2, -0.15) is 13.2 Å². The summed E-state index contributed by atoms with van der Waals surface area (Å²) in [6.07, 6.45) is -7.51. The Labute approximate surface area is 126 Å². The van der Waals surface area contributed by atoms with Crippen LogP contribution in [0.5, 0.6) is 0 Å². The summed E-state index contributed by atoms with van der Waals surface area (Å²) in [5.74, 6) is 0. The van der Waals surface area contributed by atoms with E-state index in [0.717, 1.165) is 4.57 Å². The van der Waals surface area contributed by atoms with Crippen LogP contribution in [0, 0.1) is 0 Å². The van der Waals surface area contributed by atoms with Gasteiger partial charge in [-0.1, -0.05) is 35.3 Å². The first-order valence-electron chi connectivity index (χ1n) is 5.69. The minimum atomic E-state index is -4.83. The Bertz CT molecular complexity index is 692. The lowest BCUT2D eigenvalue weighted by atomic mass is 10.1. The summed E-state index contributed by atoms with van der Waals surface area (Å²) >= 11 is 11.6. The zero-order chi connectivity index (χ0) is 15.8. The number of benzene rings is 1. The molecule has 1 aromatic carbocycles. The van der Waals surface area contributed by atoms with Crippen LogP contribution in [0.2, 0.25) is 10.2 Å². The Balaban J connectivity index is 2.47. The Hall–Kier alpha value is -1.44. The SMILES string of the molecule is O=c1[nH]c(Cl)c(-c2ccc(Cl)cc2)n1C[C@H](O)C(F)(F)F. The van der Waals surface area contributed by atoms with Crippen molar-refractivity contribution in [3.63, 3.8) is 0 Å². The summed E-state index contributed by atoms with van der Waals surface area (Å²) in [6, 6.07) is 6.03. The number of aliphatic hydroxyl groups excluding tert-OH is 1. The molecule has 0 aliphatic rings. The molecule has 0 fully saturated rings. The number of H-pyrrole nitrogens is 1. The van der Waals surface area contributed by atoms with Gasteiger partial charge < -0.3 is 5.11 Å². The van der Waals surface area contributed by atoms with E-state index in [0.29, 0.717) is 10.6 Å². The normalized spacial score (nSPS) is 13.4.